The van der Waals surface area contributed by atoms with Gasteiger partial charge in [0.1, 0.15) is 5.82 Å². The lowest BCUT2D eigenvalue weighted by molar-refractivity contribution is 0.576. The summed E-state index contributed by atoms with van der Waals surface area (Å²) in [5, 5.41) is 4.33. The van der Waals surface area contributed by atoms with Crippen LogP contribution in [0.15, 0.2) is 36.5 Å². The summed E-state index contributed by atoms with van der Waals surface area (Å²) in [6, 6.07) is 7.49. The highest BCUT2D eigenvalue weighted by atomic mass is 35.5. The molecule has 5 heteroatoms. The van der Waals surface area contributed by atoms with Crippen molar-refractivity contribution in [1.29, 1.82) is 0 Å². The van der Waals surface area contributed by atoms with Crippen molar-refractivity contribution in [2.24, 2.45) is 0 Å². The van der Waals surface area contributed by atoms with Crippen molar-refractivity contribution in [3.8, 4) is 0 Å². The summed E-state index contributed by atoms with van der Waals surface area (Å²) in [5.41, 5.74) is 1.29. The zero-order chi connectivity index (χ0) is 14.5. The molecule has 0 saturated carbocycles. The summed E-state index contributed by atoms with van der Waals surface area (Å²) >= 11 is 12.4. The fourth-order valence-electron chi connectivity index (χ4n) is 1.99. The van der Waals surface area contributed by atoms with Gasteiger partial charge in [-0.25, -0.2) is 4.39 Å². The first kappa shape index (κ1) is 15.2. The fraction of sp³-hybridized carbons (Fsp3) is 0.267. The predicted molar refractivity (Wildman–Crippen MR) is 80.8 cm³/mol. The Hall–Kier alpha value is -1.16. The highest BCUT2D eigenvalue weighted by Gasteiger charge is 2.20. The maximum atomic E-state index is 13.5. The first-order valence-corrected chi connectivity index (χ1v) is 7.17. The lowest BCUT2D eigenvalue weighted by Gasteiger charge is -2.20. The van der Waals surface area contributed by atoms with E-state index in [1.807, 2.05) is 0 Å². The molecule has 1 atom stereocenters. The largest absolute Gasteiger partial charge is 0.305 e. The van der Waals surface area contributed by atoms with Crippen molar-refractivity contribution < 1.29 is 4.39 Å². The van der Waals surface area contributed by atoms with Gasteiger partial charge in [0.2, 0.25) is 0 Å². The summed E-state index contributed by atoms with van der Waals surface area (Å²) in [5.74, 6) is -0.334. The number of nitrogens with zero attached hydrogens (tertiary/aromatic N) is 1. The minimum atomic E-state index is -0.334. The molecule has 2 nitrogen and oxygen atoms in total. The van der Waals surface area contributed by atoms with E-state index in [4.69, 9.17) is 23.2 Å². The van der Waals surface area contributed by atoms with Gasteiger partial charge < -0.3 is 5.32 Å². The molecule has 1 unspecified atom stereocenters. The van der Waals surface area contributed by atoms with Gasteiger partial charge in [-0.1, -0.05) is 30.1 Å². The summed E-state index contributed by atoms with van der Waals surface area (Å²) in [6.45, 7) is 2.81. The van der Waals surface area contributed by atoms with Crippen molar-refractivity contribution in [2.45, 2.75) is 19.4 Å². The minimum Gasteiger partial charge on any atom is -0.305 e. The van der Waals surface area contributed by atoms with E-state index < -0.39 is 0 Å². The van der Waals surface area contributed by atoms with Crippen molar-refractivity contribution >= 4 is 23.2 Å². The van der Waals surface area contributed by atoms with Gasteiger partial charge in [-0.2, -0.15) is 0 Å². The number of halogens is 3. The monoisotopic (exact) mass is 312 g/mol. The molecule has 2 rings (SSSR count). The summed E-state index contributed by atoms with van der Waals surface area (Å²) < 4.78 is 13.5. The Labute approximate surface area is 127 Å². The van der Waals surface area contributed by atoms with Gasteiger partial charge in [0.25, 0.3) is 0 Å². The molecule has 0 spiro atoms. The van der Waals surface area contributed by atoms with Crippen LogP contribution in [0.25, 0.3) is 0 Å². The Balaban J connectivity index is 2.47. The fourth-order valence-corrected chi connectivity index (χ4v) is 2.45. The zero-order valence-corrected chi connectivity index (χ0v) is 12.5. The number of hydrogen-bond acceptors (Lipinski definition) is 2. The molecule has 0 aliphatic rings. The van der Waals surface area contributed by atoms with Gasteiger partial charge in [0, 0.05) is 11.2 Å². The summed E-state index contributed by atoms with van der Waals surface area (Å²) in [6.07, 6.45) is 2.60. The Bertz CT molecular complexity index is 590. The second-order valence-corrected chi connectivity index (χ2v) is 5.24. The van der Waals surface area contributed by atoms with E-state index in [0.717, 1.165) is 13.0 Å². The molecule has 0 radical (unpaired) electrons. The molecule has 0 bridgehead atoms. The van der Waals surface area contributed by atoms with Gasteiger partial charge in [-0.3, -0.25) is 4.98 Å². The molecule has 106 valence electrons. The van der Waals surface area contributed by atoms with Crippen LogP contribution in [0.2, 0.25) is 10.0 Å². The normalized spacial score (nSPS) is 12.4. The molecule has 0 aliphatic heterocycles. The first-order chi connectivity index (χ1) is 9.63. The Morgan fingerprint density at radius 3 is 2.75 bits per heavy atom. The molecule has 0 saturated heterocycles. The second-order valence-electron chi connectivity index (χ2n) is 4.42. The highest BCUT2D eigenvalue weighted by Crippen LogP contribution is 2.31. The van der Waals surface area contributed by atoms with Crippen LogP contribution >= 0.6 is 23.2 Å². The van der Waals surface area contributed by atoms with Crippen molar-refractivity contribution in [3.05, 3.63) is 63.6 Å². The standard InChI is InChI=1S/C15H15Cl2FN2/c1-2-7-19-14(15-13(17)4-3-8-20-15)11-9-10(18)5-6-12(11)16/h3-6,8-9,14,19H,2,7H2,1H3. The van der Waals surface area contributed by atoms with E-state index in [9.17, 15) is 4.39 Å². The van der Waals surface area contributed by atoms with E-state index >= 15 is 0 Å². The number of hydrogen-bond donors (Lipinski definition) is 1. The van der Waals surface area contributed by atoms with Crippen LogP contribution in [0.1, 0.15) is 30.6 Å². The van der Waals surface area contributed by atoms with Crippen LogP contribution in [-0.4, -0.2) is 11.5 Å². The first-order valence-electron chi connectivity index (χ1n) is 6.42. The third kappa shape index (κ3) is 3.48. The van der Waals surface area contributed by atoms with Gasteiger partial charge in [-0.15, -0.1) is 0 Å². The van der Waals surface area contributed by atoms with Crippen LogP contribution in [-0.2, 0) is 0 Å². The quantitative estimate of drug-likeness (QED) is 0.871. The SMILES string of the molecule is CCCNC(c1cc(F)ccc1Cl)c1ncccc1Cl. The second kappa shape index (κ2) is 7.02. The number of aromatic nitrogens is 1. The lowest BCUT2D eigenvalue weighted by Crippen LogP contribution is -2.24. The molecule has 0 amide bonds. The molecule has 1 heterocycles. The van der Waals surface area contributed by atoms with E-state index in [-0.39, 0.29) is 11.9 Å². The number of pyridine rings is 1. The smallest absolute Gasteiger partial charge is 0.123 e. The van der Waals surface area contributed by atoms with E-state index in [1.165, 1.54) is 12.1 Å². The molecule has 20 heavy (non-hydrogen) atoms. The van der Waals surface area contributed by atoms with Crippen LogP contribution in [0.4, 0.5) is 4.39 Å². The van der Waals surface area contributed by atoms with Crippen LogP contribution in [0.3, 0.4) is 0 Å². The molecule has 0 fully saturated rings. The topological polar surface area (TPSA) is 24.9 Å². The molecule has 1 aromatic carbocycles. The van der Waals surface area contributed by atoms with Crippen LogP contribution < -0.4 is 5.32 Å². The molecule has 1 aromatic heterocycles. The average molecular weight is 313 g/mol. The molecule has 1 N–H and O–H groups in total. The number of nitrogens with one attached hydrogen (secondary N) is 1. The molecular formula is C15H15Cl2FN2. The maximum Gasteiger partial charge on any atom is 0.123 e. The Kier molecular flexibility index (Phi) is 5.35. The van der Waals surface area contributed by atoms with Crippen molar-refractivity contribution in [1.82, 2.24) is 10.3 Å². The van der Waals surface area contributed by atoms with Gasteiger partial charge in [0.15, 0.2) is 0 Å². The zero-order valence-electron chi connectivity index (χ0n) is 11.0. The molecule has 2 aromatic rings. The van der Waals surface area contributed by atoms with Gasteiger partial charge in [-0.05, 0) is 48.9 Å². The third-order valence-electron chi connectivity index (χ3n) is 2.93. The molecule has 0 aliphatic carbocycles. The predicted octanol–water partition coefficient (Wildman–Crippen LogP) is 4.62. The number of rotatable bonds is 5. The summed E-state index contributed by atoms with van der Waals surface area (Å²) in [7, 11) is 0. The Morgan fingerprint density at radius 1 is 1.25 bits per heavy atom. The summed E-state index contributed by atoms with van der Waals surface area (Å²) in [4.78, 5) is 4.30. The van der Waals surface area contributed by atoms with E-state index in [0.29, 0.717) is 21.3 Å². The van der Waals surface area contributed by atoms with E-state index in [1.54, 1.807) is 24.4 Å². The van der Waals surface area contributed by atoms with Gasteiger partial charge in [0.05, 0.1) is 16.8 Å². The maximum absolute atomic E-state index is 13.5. The Morgan fingerprint density at radius 2 is 2.05 bits per heavy atom. The number of benzene rings is 1. The third-order valence-corrected chi connectivity index (χ3v) is 3.59. The van der Waals surface area contributed by atoms with E-state index in [2.05, 4.69) is 17.2 Å². The minimum absolute atomic E-state index is 0.327. The highest BCUT2D eigenvalue weighted by molar-refractivity contribution is 6.32. The molecular weight excluding hydrogens is 298 g/mol. The lowest BCUT2D eigenvalue weighted by atomic mass is 10.0. The van der Waals surface area contributed by atoms with Crippen molar-refractivity contribution in [3.63, 3.8) is 0 Å². The van der Waals surface area contributed by atoms with Gasteiger partial charge >= 0.3 is 0 Å². The van der Waals surface area contributed by atoms with Crippen molar-refractivity contribution in [2.75, 3.05) is 6.54 Å². The van der Waals surface area contributed by atoms with Crippen LogP contribution in [0, 0.1) is 5.82 Å². The average Bonchev–Trinajstić information content (AvgIpc) is 2.44. The van der Waals surface area contributed by atoms with Crippen LogP contribution in [0.5, 0.6) is 0 Å².